The molecule has 4 nitrogen and oxygen atoms in total. The summed E-state index contributed by atoms with van der Waals surface area (Å²) in [4.78, 5) is 4.52. The van der Waals surface area contributed by atoms with Crippen molar-refractivity contribution >= 4 is 5.84 Å². The highest BCUT2D eigenvalue weighted by atomic mass is 16.5. The molecule has 0 saturated carbocycles. The Labute approximate surface area is 102 Å². The van der Waals surface area contributed by atoms with Crippen LogP contribution in [0.4, 0.5) is 0 Å². The Balaban J connectivity index is 2.45. The number of aromatic nitrogens is 1. The molecule has 4 heteroatoms. The molecule has 0 saturated heterocycles. The van der Waals surface area contributed by atoms with Gasteiger partial charge >= 0.3 is 0 Å². The van der Waals surface area contributed by atoms with Crippen LogP contribution < -0.4 is 10.5 Å². The largest absolute Gasteiger partial charge is 0.471 e. The minimum Gasteiger partial charge on any atom is -0.471 e. The maximum absolute atomic E-state index is 7.60. The number of fused-ring (bicyclic) bond motifs is 1. The summed E-state index contributed by atoms with van der Waals surface area (Å²) in [5.74, 6) is 0.511. The number of rotatable bonds is 2. The van der Waals surface area contributed by atoms with E-state index in [4.69, 9.17) is 15.9 Å². The summed E-state index contributed by atoms with van der Waals surface area (Å²) in [5.41, 5.74) is 8.17. The highest BCUT2D eigenvalue weighted by Gasteiger charge is 2.22. The van der Waals surface area contributed by atoms with Crippen molar-refractivity contribution in [2.45, 2.75) is 45.6 Å². The van der Waals surface area contributed by atoms with E-state index in [1.165, 1.54) is 5.56 Å². The van der Waals surface area contributed by atoms with Crippen LogP contribution in [-0.2, 0) is 12.8 Å². The van der Waals surface area contributed by atoms with Crippen molar-refractivity contribution in [3.8, 4) is 5.88 Å². The molecule has 1 aliphatic rings. The molecule has 1 aliphatic carbocycles. The van der Waals surface area contributed by atoms with Gasteiger partial charge in [0.2, 0.25) is 5.88 Å². The summed E-state index contributed by atoms with van der Waals surface area (Å²) in [6, 6.07) is 1.96. The minimum atomic E-state index is -0.329. The number of nitrogens with zero attached hydrogens (tertiary/aromatic N) is 1. The van der Waals surface area contributed by atoms with Crippen LogP contribution in [0.1, 0.15) is 44.0 Å². The van der Waals surface area contributed by atoms with Crippen LogP contribution in [0.25, 0.3) is 0 Å². The molecule has 1 heterocycles. The second-order valence-corrected chi connectivity index (χ2v) is 5.43. The number of amidine groups is 1. The van der Waals surface area contributed by atoms with E-state index in [1.807, 2.05) is 26.8 Å². The van der Waals surface area contributed by atoms with Gasteiger partial charge in [-0.15, -0.1) is 0 Å². The van der Waals surface area contributed by atoms with Crippen molar-refractivity contribution in [3.63, 3.8) is 0 Å². The molecule has 17 heavy (non-hydrogen) atoms. The van der Waals surface area contributed by atoms with E-state index in [0.29, 0.717) is 11.4 Å². The van der Waals surface area contributed by atoms with Gasteiger partial charge < -0.3 is 10.5 Å². The summed E-state index contributed by atoms with van der Waals surface area (Å²) < 4.78 is 5.79. The van der Waals surface area contributed by atoms with Gasteiger partial charge in [-0.3, -0.25) is 5.41 Å². The third kappa shape index (κ3) is 2.57. The summed E-state index contributed by atoms with van der Waals surface area (Å²) in [5, 5.41) is 7.60. The zero-order valence-electron chi connectivity index (χ0n) is 10.6. The lowest BCUT2D eigenvalue weighted by molar-refractivity contribution is 0.123. The van der Waals surface area contributed by atoms with Crippen molar-refractivity contribution in [1.82, 2.24) is 4.98 Å². The first-order valence-corrected chi connectivity index (χ1v) is 5.93. The number of ether oxygens (including phenoxy) is 1. The normalized spacial score (nSPS) is 14.5. The molecule has 0 fully saturated rings. The molecular formula is C13H19N3O. The number of aryl methyl sites for hydroxylation is 2. The topological polar surface area (TPSA) is 72.0 Å². The summed E-state index contributed by atoms with van der Waals surface area (Å²) >= 11 is 0. The first-order chi connectivity index (χ1) is 7.87. The lowest BCUT2D eigenvalue weighted by Crippen LogP contribution is -2.26. The van der Waals surface area contributed by atoms with Crippen LogP contribution in [-0.4, -0.2) is 16.4 Å². The predicted molar refractivity (Wildman–Crippen MR) is 67.7 cm³/mol. The van der Waals surface area contributed by atoms with E-state index >= 15 is 0 Å². The van der Waals surface area contributed by atoms with Crippen molar-refractivity contribution in [2.24, 2.45) is 5.73 Å². The SMILES string of the molecule is CC(C)(C)Oc1nc2c(cc1C(=N)N)CCC2. The van der Waals surface area contributed by atoms with E-state index in [0.717, 1.165) is 25.0 Å². The van der Waals surface area contributed by atoms with Gasteiger partial charge in [-0.25, -0.2) is 4.98 Å². The Morgan fingerprint density at radius 3 is 2.71 bits per heavy atom. The fourth-order valence-corrected chi connectivity index (χ4v) is 2.01. The monoisotopic (exact) mass is 233 g/mol. The zero-order valence-corrected chi connectivity index (χ0v) is 10.6. The molecule has 0 unspecified atom stereocenters. The molecular weight excluding hydrogens is 214 g/mol. The van der Waals surface area contributed by atoms with Gasteiger partial charge in [0.05, 0.1) is 5.56 Å². The molecule has 0 aromatic carbocycles. The Morgan fingerprint density at radius 1 is 1.41 bits per heavy atom. The third-order valence-electron chi connectivity index (χ3n) is 2.71. The van der Waals surface area contributed by atoms with Crippen LogP contribution in [0.5, 0.6) is 5.88 Å². The number of nitrogens with one attached hydrogen (secondary N) is 1. The van der Waals surface area contributed by atoms with Crippen LogP contribution >= 0.6 is 0 Å². The van der Waals surface area contributed by atoms with Crippen molar-refractivity contribution in [3.05, 3.63) is 22.9 Å². The highest BCUT2D eigenvalue weighted by molar-refractivity contribution is 5.97. The first kappa shape index (κ1) is 11.9. The Morgan fingerprint density at radius 2 is 2.12 bits per heavy atom. The van der Waals surface area contributed by atoms with Gasteiger partial charge in [0, 0.05) is 5.69 Å². The van der Waals surface area contributed by atoms with Crippen LogP contribution in [0.2, 0.25) is 0 Å². The number of hydrogen-bond acceptors (Lipinski definition) is 3. The fourth-order valence-electron chi connectivity index (χ4n) is 2.01. The van der Waals surface area contributed by atoms with Gasteiger partial charge in [0.1, 0.15) is 11.4 Å². The van der Waals surface area contributed by atoms with Gasteiger partial charge in [0.15, 0.2) is 0 Å². The maximum atomic E-state index is 7.60. The van der Waals surface area contributed by atoms with Crippen LogP contribution in [0.15, 0.2) is 6.07 Å². The quantitative estimate of drug-likeness (QED) is 0.606. The van der Waals surface area contributed by atoms with Crippen molar-refractivity contribution in [2.75, 3.05) is 0 Å². The molecule has 0 spiro atoms. The van der Waals surface area contributed by atoms with Crippen molar-refractivity contribution in [1.29, 1.82) is 5.41 Å². The maximum Gasteiger partial charge on any atom is 0.225 e. The molecule has 3 N–H and O–H groups in total. The first-order valence-electron chi connectivity index (χ1n) is 5.93. The van der Waals surface area contributed by atoms with E-state index in [9.17, 15) is 0 Å². The summed E-state index contributed by atoms with van der Waals surface area (Å²) in [6.07, 6.45) is 3.14. The number of nitrogens with two attached hydrogens (primary N) is 1. The van der Waals surface area contributed by atoms with Crippen LogP contribution in [0, 0.1) is 5.41 Å². The Hall–Kier alpha value is -1.58. The lowest BCUT2D eigenvalue weighted by atomic mass is 10.1. The molecule has 0 radical (unpaired) electrons. The third-order valence-corrected chi connectivity index (χ3v) is 2.71. The zero-order chi connectivity index (χ0) is 12.6. The van der Waals surface area contributed by atoms with Crippen molar-refractivity contribution < 1.29 is 4.74 Å². The Kier molecular flexibility index (Phi) is 2.81. The molecule has 92 valence electrons. The molecule has 0 amide bonds. The van der Waals surface area contributed by atoms with E-state index in [2.05, 4.69) is 4.98 Å². The Bertz CT molecular complexity index is 460. The predicted octanol–water partition coefficient (Wildman–Crippen LogP) is 2.03. The summed E-state index contributed by atoms with van der Waals surface area (Å²) in [6.45, 7) is 5.89. The number of hydrogen-bond donors (Lipinski definition) is 2. The van der Waals surface area contributed by atoms with Gasteiger partial charge in [-0.1, -0.05) is 0 Å². The molecule has 0 bridgehead atoms. The second kappa shape index (κ2) is 4.02. The smallest absolute Gasteiger partial charge is 0.225 e. The fraction of sp³-hybridized carbons (Fsp3) is 0.538. The van der Waals surface area contributed by atoms with Crippen LogP contribution in [0.3, 0.4) is 0 Å². The highest BCUT2D eigenvalue weighted by Crippen LogP contribution is 2.28. The van der Waals surface area contributed by atoms with Gasteiger partial charge in [-0.05, 0) is 51.7 Å². The standard InChI is InChI=1S/C13H19N3O/c1-13(2,3)17-12-9(11(14)15)7-8-5-4-6-10(8)16-12/h7H,4-6H2,1-3H3,(H3,14,15). The molecule has 0 aliphatic heterocycles. The number of nitrogen functional groups attached to an aromatic ring is 1. The second-order valence-electron chi connectivity index (χ2n) is 5.43. The van der Waals surface area contributed by atoms with E-state index < -0.39 is 0 Å². The van der Waals surface area contributed by atoms with Gasteiger partial charge in [-0.2, -0.15) is 0 Å². The average Bonchev–Trinajstić information content (AvgIpc) is 2.60. The van der Waals surface area contributed by atoms with Gasteiger partial charge in [0.25, 0.3) is 0 Å². The van der Waals surface area contributed by atoms with E-state index in [1.54, 1.807) is 0 Å². The molecule has 1 aromatic rings. The molecule has 0 atom stereocenters. The minimum absolute atomic E-state index is 0.0199. The number of pyridine rings is 1. The lowest BCUT2D eigenvalue weighted by Gasteiger charge is -2.22. The summed E-state index contributed by atoms with van der Waals surface area (Å²) in [7, 11) is 0. The molecule has 2 rings (SSSR count). The molecule has 1 aromatic heterocycles. The van der Waals surface area contributed by atoms with E-state index in [-0.39, 0.29) is 11.4 Å². The average molecular weight is 233 g/mol.